The van der Waals surface area contributed by atoms with E-state index in [0.29, 0.717) is 11.5 Å². The minimum Gasteiger partial charge on any atom is -0.293 e. The van der Waals surface area contributed by atoms with E-state index in [1.165, 1.54) is 6.92 Å². The normalized spacial score (nSPS) is 10.4. The Hall–Kier alpha value is -1.78. The highest BCUT2D eigenvalue weighted by Gasteiger charge is 2.05. The van der Waals surface area contributed by atoms with Crippen LogP contribution in [0.2, 0.25) is 0 Å². The summed E-state index contributed by atoms with van der Waals surface area (Å²) in [6.07, 6.45) is 4.87. The Balaban J connectivity index is 2.70. The van der Waals surface area contributed by atoms with Crippen molar-refractivity contribution < 1.29 is 4.79 Å². The van der Waals surface area contributed by atoms with Crippen molar-refractivity contribution in [1.82, 2.24) is 19.6 Å². The van der Waals surface area contributed by atoms with Gasteiger partial charge in [0.15, 0.2) is 5.78 Å². The largest absolute Gasteiger partial charge is 0.293 e. The third kappa shape index (κ3) is 0.952. The summed E-state index contributed by atoms with van der Waals surface area (Å²) in [6, 6.07) is 0. The molecule has 0 aliphatic heterocycles. The first-order chi connectivity index (χ1) is 5.77. The number of aromatic nitrogens is 4. The zero-order chi connectivity index (χ0) is 8.55. The molecule has 0 aliphatic carbocycles. The van der Waals surface area contributed by atoms with Crippen molar-refractivity contribution in [3.63, 3.8) is 0 Å². The highest BCUT2D eigenvalue weighted by Crippen LogP contribution is 2.00. The molecule has 0 radical (unpaired) electrons. The van der Waals surface area contributed by atoms with Crippen LogP contribution in [0, 0.1) is 0 Å². The second-order valence-corrected chi connectivity index (χ2v) is 2.40. The number of hydrogen-bond acceptors (Lipinski definition) is 4. The van der Waals surface area contributed by atoms with Crippen molar-refractivity contribution in [3.8, 4) is 0 Å². The second-order valence-electron chi connectivity index (χ2n) is 2.40. The highest BCUT2D eigenvalue weighted by molar-refractivity contribution is 5.92. The number of hydrogen-bond donors (Lipinski definition) is 0. The van der Waals surface area contributed by atoms with Crippen molar-refractivity contribution in [3.05, 3.63) is 24.3 Å². The Bertz CT molecular complexity index is 401. The van der Waals surface area contributed by atoms with E-state index >= 15 is 0 Å². The van der Waals surface area contributed by atoms with E-state index in [-0.39, 0.29) is 5.78 Å². The van der Waals surface area contributed by atoms with Gasteiger partial charge in [0.25, 0.3) is 5.78 Å². The third-order valence-corrected chi connectivity index (χ3v) is 1.51. The van der Waals surface area contributed by atoms with Gasteiger partial charge in [0.2, 0.25) is 0 Å². The van der Waals surface area contributed by atoms with Crippen molar-refractivity contribution >= 4 is 11.6 Å². The molecule has 0 bridgehead atoms. The third-order valence-electron chi connectivity index (χ3n) is 1.51. The maximum Gasteiger partial charge on any atom is 0.254 e. The van der Waals surface area contributed by atoms with Crippen LogP contribution in [0.15, 0.2) is 18.6 Å². The molecular formula is C7H6N4O. The molecule has 0 atom stereocenters. The van der Waals surface area contributed by atoms with E-state index in [9.17, 15) is 4.79 Å². The number of fused-ring (bicyclic) bond motifs is 1. The molecule has 5 nitrogen and oxygen atoms in total. The molecular weight excluding hydrogens is 156 g/mol. The van der Waals surface area contributed by atoms with Gasteiger partial charge in [-0.25, -0.2) is 4.98 Å². The standard InChI is InChI=1S/C7H6N4O/c1-5(12)6-4-11-3-2-8-10-7(11)9-6/h2-4H,1H3. The lowest BCUT2D eigenvalue weighted by Gasteiger charge is -1.84. The fraction of sp³-hybridized carbons (Fsp3) is 0.143. The van der Waals surface area contributed by atoms with Gasteiger partial charge in [0.05, 0.1) is 6.20 Å². The van der Waals surface area contributed by atoms with Gasteiger partial charge in [0.1, 0.15) is 5.69 Å². The Morgan fingerprint density at radius 1 is 1.58 bits per heavy atom. The van der Waals surface area contributed by atoms with Gasteiger partial charge < -0.3 is 0 Å². The van der Waals surface area contributed by atoms with E-state index in [4.69, 9.17) is 0 Å². The van der Waals surface area contributed by atoms with E-state index in [2.05, 4.69) is 15.2 Å². The number of ketones is 1. The van der Waals surface area contributed by atoms with Crippen LogP contribution in [0.25, 0.3) is 5.78 Å². The highest BCUT2D eigenvalue weighted by atomic mass is 16.1. The second kappa shape index (κ2) is 2.37. The number of nitrogens with zero attached hydrogens (tertiary/aromatic N) is 4. The molecule has 0 saturated carbocycles. The van der Waals surface area contributed by atoms with Gasteiger partial charge in [-0.2, -0.15) is 5.10 Å². The van der Waals surface area contributed by atoms with Crippen LogP contribution in [0.5, 0.6) is 0 Å². The van der Waals surface area contributed by atoms with Gasteiger partial charge in [-0.15, -0.1) is 5.10 Å². The number of carbonyl (C=O) groups is 1. The van der Waals surface area contributed by atoms with Gasteiger partial charge >= 0.3 is 0 Å². The van der Waals surface area contributed by atoms with E-state index in [1.807, 2.05) is 0 Å². The molecule has 0 amide bonds. The van der Waals surface area contributed by atoms with E-state index in [1.54, 1.807) is 23.0 Å². The number of carbonyl (C=O) groups excluding carboxylic acids is 1. The van der Waals surface area contributed by atoms with Crippen LogP contribution in [0.4, 0.5) is 0 Å². The zero-order valence-electron chi connectivity index (χ0n) is 6.43. The summed E-state index contributed by atoms with van der Waals surface area (Å²) in [6.45, 7) is 1.47. The molecule has 12 heavy (non-hydrogen) atoms. The van der Waals surface area contributed by atoms with Gasteiger partial charge in [0, 0.05) is 19.3 Å². The first-order valence-electron chi connectivity index (χ1n) is 3.45. The van der Waals surface area contributed by atoms with Crippen LogP contribution in [0.1, 0.15) is 17.4 Å². The maximum atomic E-state index is 10.9. The summed E-state index contributed by atoms with van der Waals surface area (Å²) in [7, 11) is 0. The van der Waals surface area contributed by atoms with Gasteiger partial charge in [-0.05, 0) is 0 Å². The lowest BCUT2D eigenvalue weighted by molar-refractivity contribution is 0.101. The molecule has 0 aromatic carbocycles. The van der Waals surface area contributed by atoms with Crippen molar-refractivity contribution in [2.45, 2.75) is 6.92 Å². The lowest BCUT2D eigenvalue weighted by atomic mass is 10.3. The minimum atomic E-state index is -0.0690. The molecule has 2 rings (SSSR count). The smallest absolute Gasteiger partial charge is 0.254 e. The molecule has 0 fully saturated rings. The van der Waals surface area contributed by atoms with Crippen LogP contribution >= 0.6 is 0 Å². The quantitative estimate of drug-likeness (QED) is 0.567. The molecule has 2 heterocycles. The Kier molecular flexibility index (Phi) is 1.36. The van der Waals surface area contributed by atoms with Crippen LogP contribution in [-0.4, -0.2) is 25.4 Å². The lowest BCUT2D eigenvalue weighted by Crippen LogP contribution is -1.90. The van der Waals surface area contributed by atoms with Gasteiger partial charge in [-0.1, -0.05) is 0 Å². The van der Waals surface area contributed by atoms with Crippen molar-refractivity contribution in [1.29, 1.82) is 0 Å². The minimum absolute atomic E-state index is 0.0690. The summed E-state index contributed by atoms with van der Waals surface area (Å²) < 4.78 is 1.66. The van der Waals surface area contributed by atoms with E-state index in [0.717, 1.165) is 0 Å². The monoisotopic (exact) mass is 162 g/mol. The van der Waals surface area contributed by atoms with Crippen molar-refractivity contribution in [2.75, 3.05) is 0 Å². The van der Waals surface area contributed by atoms with Gasteiger partial charge in [-0.3, -0.25) is 9.20 Å². The summed E-state index contributed by atoms with van der Waals surface area (Å²) in [5.74, 6) is 0.378. The van der Waals surface area contributed by atoms with Crippen LogP contribution in [-0.2, 0) is 0 Å². The SMILES string of the molecule is CC(=O)c1cn2ccnnc2n1. The van der Waals surface area contributed by atoms with Crippen molar-refractivity contribution in [2.24, 2.45) is 0 Å². The fourth-order valence-corrected chi connectivity index (χ4v) is 0.924. The zero-order valence-corrected chi connectivity index (χ0v) is 6.43. The first-order valence-corrected chi connectivity index (χ1v) is 3.45. The maximum absolute atomic E-state index is 10.9. The molecule has 2 aromatic heterocycles. The van der Waals surface area contributed by atoms with Crippen LogP contribution < -0.4 is 0 Å². The number of rotatable bonds is 1. The Labute approximate surface area is 68.1 Å². The predicted octanol–water partition coefficient (Wildman–Crippen LogP) is 0.327. The average molecular weight is 162 g/mol. The fourth-order valence-electron chi connectivity index (χ4n) is 0.924. The average Bonchev–Trinajstić information content (AvgIpc) is 2.46. The first kappa shape index (κ1) is 6.90. The van der Waals surface area contributed by atoms with E-state index < -0.39 is 0 Å². The molecule has 60 valence electrons. The molecule has 0 spiro atoms. The summed E-state index contributed by atoms with van der Waals surface area (Å²) in [5, 5.41) is 7.37. The Morgan fingerprint density at radius 3 is 3.08 bits per heavy atom. The van der Waals surface area contributed by atoms with Crippen LogP contribution in [0.3, 0.4) is 0 Å². The summed E-state index contributed by atoms with van der Waals surface area (Å²) >= 11 is 0. The molecule has 0 unspecified atom stereocenters. The predicted molar refractivity (Wildman–Crippen MR) is 40.8 cm³/mol. The summed E-state index contributed by atoms with van der Waals surface area (Å²) in [5.41, 5.74) is 0.413. The molecule has 0 saturated heterocycles. The number of imidazole rings is 1. The Morgan fingerprint density at radius 2 is 2.42 bits per heavy atom. The molecule has 2 aromatic rings. The number of Topliss-reactive ketones (excluding diaryl/α,β-unsaturated/α-hetero) is 1. The molecule has 5 heteroatoms. The summed E-state index contributed by atoms with van der Waals surface area (Å²) in [4.78, 5) is 14.8. The molecule has 0 aliphatic rings. The topological polar surface area (TPSA) is 60.2 Å². The molecule has 0 N–H and O–H groups in total.